The molecule has 2 atom stereocenters. The summed E-state index contributed by atoms with van der Waals surface area (Å²) in [6.45, 7) is 6.80. The summed E-state index contributed by atoms with van der Waals surface area (Å²) in [6, 6.07) is 19.1. The molecule has 1 aliphatic heterocycles. The number of hydrazone groups is 1. The maximum atomic E-state index is 12.6. The van der Waals surface area contributed by atoms with Gasteiger partial charge in [0.15, 0.2) is 0 Å². The van der Waals surface area contributed by atoms with Gasteiger partial charge in [0.05, 0.1) is 30.3 Å². The Bertz CT molecular complexity index is 1030. The monoisotopic (exact) mass is 539 g/mol. The summed E-state index contributed by atoms with van der Waals surface area (Å²) in [5.74, 6) is -0.622. The number of aldehydes is 1. The van der Waals surface area contributed by atoms with Gasteiger partial charge >= 0.3 is 0 Å². The van der Waals surface area contributed by atoms with Crippen molar-refractivity contribution >= 4 is 23.8 Å². The van der Waals surface area contributed by atoms with E-state index >= 15 is 0 Å². The van der Waals surface area contributed by atoms with Gasteiger partial charge in [-0.3, -0.25) is 9.59 Å². The van der Waals surface area contributed by atoms with Crippen LogP contribution in [0, 0.1) is 5.41 Å². The predicted molar refractivity (Wildman–Crippen MR) is 156 cm³/mol. The van der Waals surface area contributed by atoms with Crippen LogP contribution in [0.3, 0.4) is 0 Å². The second-order valence-electron chi connectivity index (χ2n) is 9.32. The first-order valence-corrected chi connectivity index (χ1v) is 13.3. The molecule has 9 nitrogen and oxygen atoms in total. The van der Waals surface area contributed by atoms with Gasteiger partial charge in [-0.05, 0) is 24.5 Å². The number of rotatable bonds is 9. The van der Waals surface area contributed by atoms with Crippen molar-refractivity contribution in [1.82, 2.24) is 15.2 Å². The lowest BCUT2D eigenvalue weighted by Crippen LogP contribution is -2.55. The minimum absolute atomic E-state index is 0.138. The van der Waals surface area contributed by atoms with Crippen LogP contribution >= 0.6 is 0 Å². The van der Waals surface area contributed by atoms with E-state index in [-0.39, 0.29) is 24.9 Å². The molecule has 2 unspecified atom stereocenters. The third-order valence-corrected chi connectivity index (χ3v) is 5.91. The first kappa shape index (κ1) is 33.5. The SMILES string of the molecule is CC.CC(N)C(=O)NCC(=O)N1CC/C(=N/N(C)C)C(C=O)(Cc2ccccc2)C1.COCc1ccccc1. The van der Waals surface area contributed by atoms with Gasteiger partial charge in [0, 0.05) is 40.7 Å². The molecule has 0 spiro atoms. The number of likely N-dealkylation sites (tertiary alicyclic amines) is 1. The zero-order valence-electron chi connectivity index (χ0n) is 24.2. The van der Waals surface area contributed by atoms with Crippen LogP contribution in [0.25, 0.3) is 0 Å². The summed E-state index contributed by atoms with van der Waals surface area (Å²) in [4.78, 5) is 38.2. The molecule has 2 aromatic carbocycles. The normalized spacial score (nSPS) is 18.0. The Morgan fingerprint density at radius 2 is 1.67 bits per heavy atom. The Morgan fingerprint density at radius 3 is 2.15 bits per heavy atom. The van der Waals surface area contributed by atoms with Gasteiger partial charge in [-0.15, -0.1) is 0 Å². The van der Waals surface area contributed by atoms with Gasteiger partial charge in [0.2, 0.25) is 11.8 Å². The van der Waals surface area contributed by atoms with Crippen LogP contribution < -0.4 is 11.1 Å². The van der Waals surface area contributed by atoms with Gasteiger partial charge in [-0.2, -0.15) is 5.10 Å². The summed E-state index contributed by atoms with van der Waals surface area (Å²) in [6.07, 6.45) is 1.86. The van der Waals surface area contributed by atoms with Crippen molar-refractivity contribution in [1.29, 1.82) is 0 Å². The highest BCUT2D eigenvalue weighted by atomic mass is 16.5. The quantitative estimate of drug-likeness (QED) is 0.374. The highest BCUT2D eigenvalue weighted by Crippen LogP contribution is 2.30. The number of ether oxygens (including phenoxy) is 1. The third kappa shape index (κ3) is 11.4. The minimum atomic E-state index is -0.898. The maximum Gasteiger partial charge on any atom is 0.242 e. The Labute approximate surface area is 233 Å². The average Bonchev–Trinajstić information content (AvgIpc) is 2.95. The van der Waals surface area contributed by atoms with E-state index in [0.717, 1.165) is 17.6 Å². The summed E-state index contributed by atoms with van der Waals surface area (Å²) in [7, 11) is 5.32. The Hall–Kier alpha value is -3.56. The van der Waals surface area contributed by atoms with E-state index in [4.69, 9.17) is 10.5 Å². The summed E-state index contributed by atoms with van der Waals surface area (Å²) in [5, 5.41) is 8.76. The van der Waals surface area contributed by atoms with Crippen LogP contribution in [-0.4, -0.2) is 80.6 Å². The molecule has 1 aliphatic rings. The Morgan fingerprint density at radius 1 is 1.10 bits per heavy atom. The Balaban J connectivity index is 0.000000578. The fraction of sp³-hybridized carbons (Fsp3) is 0.467. The van der Waals surface area contributed by atoms with E-state index in [0.29, 0.717) is 26.0 Å². The van der Waals surface area contributed by atoms with Crippen LogP contribution in [0.2, 0.25) is 0 Å². The molecule has 1 fully saturated rings. The highest BCUT2D eigenvalue weighted by Gasteiger charge is 2.42. The fourth-order valence-corrected chi connectivity index (χ4v) is 4.05. The van der Waals surface area contributed by atoms with Crippen LogP contribution in [0.5, 0.6) is 0 Å². The van der Waals surface area contributed by atoms with E-state index < -0.39 is 11.5 Å². The van der Waals surface area contributed by atoms with Gasteiger partial charge in [0.25, 0.3) is 0 Å². The van der Waals surface area contributed by atoms with Gasteiger partial charge < -0.3 is 30.5 Å². The lowest BCUT2D eigenvalue weighted by Gasteiger charge is -2.41. The van der Waals surface area contributed by atoms with Crippen molar-refractivity contribution in [2.24, 2.45) is 16.3 Å². The fourth-order valence-electron chi connectivity index (χ4n) is 4.05. The number of methoxy groups -OCH3 is 1. The van der Waals surface area contributed by atoms with E-state index in [2.05, 4.69) is 10.4 Å². The second kappa shape index (κ2) is 17.9. The van der Waals surface area contributed by atoms with E-state index in [9.17, 15) is 14.4 Å². The average molecular weight is 540 g/mol. The van der Waals surface area contributed by atoms with Crippen molar-refractivity contribution in [2.45, 2.75) is 46.3 Å². The van der Waals surface area contributed by atoms with Crippen molar-refractivity contribution < 1.29 is 19.1 Å². The topological polar surface area (TPSA) is 117 Å². The molecule has 2 amide bonds. The maximum absolute atomic E-state index is 12.6. The van der Waals surface area contributed by atoms with Gasteiger partial charge in [0.1, 0.15) is 6.29 Å². The van der Waals surface area contributed by atoms with Crippen molar-refractivity contribution in [3.8, 4) is 0 Å². The number of carbonyl (C=O) groups is 3. The predicted octanol–water partition coefficient (Wildman–Crippen LogP) is 2.89. The summed E-state index contributed by atoms with van der Waals surface area (Å²) in [5.41, 5.74) is 7.60. The Kier molecular flexibility index (Phi) is 15.3. The largest absolute Gasteiger partial charge is 0.380 e. The zero-order chi connectivity index (χ0) is 29.3. The molecule has 0 saturated carbocycles. The molecule has 0 aliphatic carbocycles. The molecular formula is C30H45N5O4. The number of hydrogen-bond donors (Lipinski definition) is 2. The molecule has 3 rings (SSSR count). The van der Waals surface area contributed by atoms with Crippen LogP contribution in [0.1, 0.15) is 38.3 Å². The molecule has 9 heteroatoms. The smallest absolute Gasteiger partial charge is 0.242 e. The van der Waals surface area contributed by atoms with Crippen LogP contribution in [-0.2, 0) is 32.1 Å². The number of nitrogens with one attached hydrogen (secondary N) is 1. The molecule has 0 bridgehead atoms. The third-order valence-electron chi connectivity index (χ3n) is 5.91. The highest BCUT2D eigenvalue weighted by molar-refractivity contribution is 6.04. The number of nitrogens with zero attached hydrogens (tertiary/aromatic N) is 3. The van der Waals surface area contributed by atoms with Gasteiger partial charge in [-0.1, -0.05) is 74.5 Å². The van der Waals surface area contributed by atoms with Crippen molar-refractivity contribution in [2.75, 3.05) is 40.8 Å². The molecule has 0 aromatic heterocycles. The van der Waals surface area contributed by atoms with E-state index in [1.54, 1.807) is 23.9 Å². The van der Waals surface area contributed by atoms with E-state index in [1.807, 2.05) is 88.6 Å². The zero-order valence-corrected chi connectivity index (χ0v) is 24.2. The lowest BCUT2D eigenvalue weighted by atomic mass is 9.74. The van der Waals surface area contributed by atoms with Crippen LogP contribution in [0.4, 0.5) is 0 Å². The number of carbonyl (C=O) groups excluding carboxylic acids is 3. The molecule has 1 saturated heterocycles. The van der Waals surface area contributed by atoms with Crippen molar-refractivity contribution in [3.05, 3.63) is 71.8 Å². The summed E-state index contributed by atoms with van der Waals surface area (Å²) >= 11 is 0. The molecule has 214 valence electrons. The molecular weight excluding hydrogens is 494 g/mol. The minimum Gasteiger partial charge on any atom is -0.380 e. The lowest BCUT2D eigenvalue weighted by molar-refractivity contribution is -0.135. The molecule has 39 heavy (non-hydrogen) atoms. The summed E-state index contributed by atoms with van der Waals surface area (Å²) < 4.78 is 4.93. The van der Waals surface area contributed by atoms with Gasteiger partial charge in [-0.25, -0.2) is 0 Å². The number of piperidine rings is 1. The molecule has 2 aromatic rings. The number of hydrogen-bond acceptors (Lipinski definition) is 7. The molecule has 1 heterocycles. The second-order valence-corrected chi connectivity index (χ2v) is 9.32. The van der Waals surface area contributed by atoms with Crippen molar-refractivity contribution in [3.63, 3.8) is 0 Å². The first-order valence-electron chi connectivity index (χ1n) is 13.3. The first-order chi connectivity index (χ1) is 18.7. The number of nitrogens with two attached hydrogens (primary N) is 1. The molecule has 0 radical (unpaired) electrons. The molecule has 3 N–H and O–H groups in total. The number of benzene rings is 2. The standard InChI is InChI=1S/C20H29N5O3.C8H10O.C2H6/c1-15(21)19(28)22-12-18(27)25-10-9-17(23-24(2)3)20(13-25,14-26)11-16-7-5-4-6-8-16;1-9-7-8-5-3-2-4-6-8;1-2/h4-8,14-15H,9-13,21H2,1-3H3,(H,22,28);2-6H,7H2,1H3;1-2H3/b23-17-;;. The van der Waals surface area contributed by atoms with Crippen LogP contribution in [0.15, 0.2) is 65.8 Å². The van der Waals surface area contributed by atoms with E-state index in [1.165, 1.54) is 5.56 Å². The number of amides is 2.